The van der Waals surface area contributed by atoms with Crippen molar-refractivity contribution in [3.05, 3.63) is 0 Å². The van der Waals surface area contributed by atoms with Crippen LogP contribution in [0.5, 0.6) is 6.01 Å². The van der Waals surface area contributed by atoms with Gasteiger partial charge in [-0.3, -0.25) is 5.43 Å². The minimum atomic E-state index is 0.297. The molecule has 118 valence electrons. The lowest BCUT2D eigenvalue weighted by Gasteiger charge is -2.28. The normalized spacial score (nSPS) is 16.7. The summed E-state index contributed by atoms with van der Waals surface area (Å²) in [6.45, 7) is 5.74. The average molecular weight is 295 g/mol. The van der Waals surface area contributed by atoms with Crippen LogP contribution in [0.1, 0.15) is 26.2 Å². The van der Waals surface area contributed by atoms with Gasteiger partial charge in [0.15, 0.2) is 0 Å². The summed E-state index contributed by atoms with van der Waals surface area (Å²) < 4.78 is 5.44. The number of likely N-dealkylation sites (tertiary alicyclic amines) is 1. The van der Waals surface area contributed by atoms with E-state index in [1.807, 2.05) is 6.92 Å². The molecule has 1 aliphatic rings. The second-order valence-corrected chi connectivity index (χ2v) is 5.39. The number of nitrogens with zero attached hydrogens (tertiary/aromatic N) is 4. The Balaban J connectivity index is 1.91. The van der Waals surface area contributed by atoms with E-state index >= 15 is 0 Å². The van der Waals surface area contributed by atoms with E-state index in [2.05, 4.69) is 37.6 Å². The lowest BCUT2D eigenvalue weighted by atomic mass is 9.97. The molecular weight excluding hydrogens is 270 g/mol. The van der Waals surface area contributed by atoms with Gasteiger partial charge in [-0.15, -0.1) is 0 Å². The van der Waals surface area contributed by atoms with Gasteiger partial charge in [0.1, 0.15) is 0 Å². The molecule has 2 rings (SSSR count). The highest BCUT2D eigenvalue weighted by Crippen LogP contribution is 2.17. The van der Waals surface area contributed by atoms with Crippen molar-refractivity contribution in [1.82, 2.24) is 19.9 Å². The number of nitrogen functional groups attached to an aromatic ring is 1. The van der Waals surface area contributed by atoms with Gasteiger partial charge < -0.3 is 15.0 Å². The molecule has 0 radical (unpaired) electrons. The maximum absolute atomic E-state index is 5.44. The van der Waals surface area contributed by atoms with Gasteiger partial charge >= 0.3 is 6.01 Å². The number of ether oxygens (including phenoxy) is 1. The van der Waals surface area contributed by atoms with E-state index < -0.39 is 0 Å². The van der Waals surface area contributed by atoms with Crippen LogP contribution in [0.15, 0.2) is 0 Å². The summed E-state index contributed by atoms with van der Waals surface area (Å²) in [4.78, 5) is 14.9. The Morgan fingerprint density at radius 1 is 1.24 bits per heavy atom. The summed E-state index contributed by atoms with van der Waals surface area (Å²) >= 11 is 0. The predicted molar refractivity (Wildman–Crippen MR) is 82.1 cm³/mol. The van der Waals surface area contributed by atoms with Gasteiger partial charge in [0.25, 0.3) is 0 Å². The van der Waals surface area contributed by atoms with Crippen molar-refractivity contribution in [2.24, 2.45) is 11.8 Å². The minimum absolute atomic E-state index is 0.297. The summed E-state index contributed by atoms with van der Waals surface area (Å²) in [5.74, 6) is 6.83. The number of hydrogen-bond donors (Lipinski definition) is 3. The smallest absolute Gasteiger partial charge is 0.323 e. The van der Waals surface area contributed by atoms with E-state index in [1.54, 1.807) is 0 Å². The van der Waals surface area contributed by atoms with E-state index in [-0.39, 0.29) is 0 Å². The Kier molecular flexibility index (Phi) is 5.94. The molecule has 1 aromatic heterocycles. The molecule has 2 heterocycles. The van der Waals surface area contributed by atoms with Crippen LogP contribution in [0.25, 0.3) is 0 Å². The number of piperidine rings is 1. The van der Waals surface area contributed by atoms with E-state index in [0.29, 0.717) is 30.4 Å². The largest absolute Gasteiger partial charge is 0.463 e. The Hall–Kier alpha value is -1.67. The quantitative estimate of drug-likeness (QED) is 0.499. The summed E-state index contributed by atoms with van der Waals surface area (Å²) in [6, 6.07) is 0.297. The second-order valence-electron chi connectivity index (χ2n) is 5.39. The zero-order chi connectivity index (χ0) is 15.1. The number of anilines is 2. The zero-order valence-corrected chi connectivity index (χ0v) is 12.8. The van der Waals surface area contributed by atoms with Crippen molar-refractivity contribution in [3.8, 4) is 6.01 Å². The van der Waals surface area contributed by atoms with Gasteiger partial charge in [0, 0.05) is 6.54 Å². The first-order valence-electron chi connectivity index (χ1n) is 7.49. The summed E-state index contributed by atoms with van der Waals surface area (Å²) in [5.41, 5.74) is 2.44. The van der Waals surface area contributed by atoms with Gasteiger partial charge in [0.05, 0.1) is 6.61 Å². The highest BCUT2D eigenvalue weighted by Gasteiger charge is 2.17. The fourth-order valence-electron chi connectivity index (χ4n) is 2.26. The third kappa shape index (κ3) is 4.98. The van der Waals surface area contributed by atoms with Crippen molar-refractivity contribution in [2.45, 2.75) is 26.2 Å². The fraction of sp³-hybridized carbons (Fsp3) is 0.769. The molecule has 4 N–H and O–H groups in total. The Bertz CT molecular complexity index is 435. The van der Waals surface area contributed by atoms with Crippen LogP contribution < -0.4 is 21.3 Å². The Labute approximate surface area is 125 Å². The highest BCUT2D eigenvalue weighted by molar-refractivity contribution is 5.34. The molecule has 0 spiro atoms. The number of nitrogens with two attached hydrogens (primary N) is 1. The topological polar surface area (TPSA) is 101 Å². The second kappa shape index (κ2) is 7.94. The zero-order valence-electron chi connectivity index (χ0n) is 12.8. The molecule has 1 saturated heterocycles. The third-order valence-electron chi connectivity index (χ3n) is 3.57. The summed E-state index contributed by atoms with van der Waals surface area (Å²) in [5, 5.41) is 3.26. The van der Waals surface area contributed by atoms with Crippen LogP contribution >= 0.6 is 0 Å². The SMILES string of the molecule is CCCOc1nc(NN)nc(NCC2CCN(C)CC2)n1. The van der Waals surface area contributed by atoms with Crippen LogP contribution in [0.2, 0.25) is 0 Å². The maximum Gasteiger partial charge on any atom is 0.323 e. The number of rotatable bonds is 7. The first kappa shape index (κ1) is 15.7. The van der Waals surface area contributed by atoms with E-state index in [0.717, 1.165) is 26.1 Å². The van der Waals surface area contributed by atoms with Crippen LogP contribution in [-0.4, -0.2) is 53.1 Å². The van der Waals surface area contributed by atoms with E-state index in [1.165, 1.54) is 12.8 Å². The van der Waals surface area contributed by atoms with Crippen molar-refractivity contribution in [2.75, 3.05) is 44.0 Å². The number of hydrogen-bond acceptors (Lipinski definition) is 8. The molecule has 8 nitrogen and oxygen atoms in total. The van der Waals surface area contributed by atoms with Crippen LogP contribution in [-0.2, 0) is 0 Å². The monoisotopic (exact) mass is 295 g/mol. The molecule has 0 amide bonds. The van der Waals surface area contributed by atoms with Crippen LogP contribution in [0.3, 0.4) is 0 Å². The van der Waals surface area contributed by atoms with Crippen molar-refractivity contribution in [1.29, 1.82) is 0 Å². The lowest BCUT2D eigenvalue weighted by Crippen LogP contribution is -2.33. The molecule has 0 aliphatic carbocycles. The first-order valence-corrected chi connectivity index (χ1v) is 7.49. The number of nitrogens with one attached hydrogen (secondary N) is 2. The molecule has 0 saturated carbocycles. The number of aromatic nitrogens is 3. The molecule has 0 unspecified atom stereocenters. The molecule has 1 aromatic rings. The molecule has 8 heteroatoms. The molecule has 21 heavy (non-hydrogen) atoms. The molecule has 1 fully saturated rings. The van der Waals surface area contributed by atoms with Crippen molar-refractivity contribution < 1.29 is 4.74 Å². The van der Waals surface area contributed by atoms with Crippen LogP contribution in [0.4, 0.5) is 11.9 Å². The Morgan fingerprint density at radius 2 is 1.95 bits per heavy atom. The van der Waals surface area contributed by atoms with Gasteiger partial charge in [-0.25, -0.2) is 5.84 Å². The summed E-state index contributed by atoms with van der Waals surface area (Å²) in [6.07, 6.45) is 3.28. The van der Waals surface area contributed by atoms with Crippen LogP contribution in [0, 0.1) is 5.92 Å². The third-order valence-corrected chi connectivity index (χ3v) is 3.57. The summed E-state index contributed by atoms with van der Waals surface area (Å²) in [7, 11) is 2.16. The lowest BCUT2D eigenvalue weighted by molar-refractivity contribution is 0.226. The van der Waals surface area contributed by atoms with E-state index in [4.69, 9.17) is 10.6 Å². The minimum Gasteiger partial charge on any atom is -0.463 e. The predicted octanol–water partition coefficient (Wildman–Crippen LogP) is 0.700. The highest BCUT2D eigenvalue weighted by atomic mass is 16.5. The molecule has 0 atom stereocenters. The average Bonchev–Trinajstić information content (AvgIpc) is 2.52. The first-order chi connectivity index (χ1) is 10.2. The van der Waals surface area contributed by atoms with Crippen molar-refractivity contribution in [3.63, 3.8) is 0 Å². The van der Waals surface area contributed by atoms with Crippen molar-refractivity contribution >= 4 is 11.9 Å². The van der Waals surface area contributed by atoms with Gasteiger partial charge in [-0.05, 0) is 45.3 Å². The molecular formula is C13H25N7O. The Morgan fingerprint density at radius 3 is 2.62 bits per heavy atom. The van der Waals surface area contributed by atoms with E-state index in [9.17, 15) is 0 Å². The fourth-order valence-corrected chi connectivity index (χ4v) is 2.26. The standard InChI is InChI=1S/C13H25N7O/c1-3-8-21-13-17-11(16-12(18-13)19-14)15-9-10-4-6-20(2)7-5-10/h10H,3-9,14H2,1-2H3,(H2,15,16,17,18,19). The van der Waals surface area contributed by atoms with Gasteiger partial charge in [-0.1, -0.05) is 6.92 Å². The van der Waals surface area contributed by atoms with Gasteiger partial charge in [0.2, 0.25) is 11.9 Å². The maximum atomic E-state index is 5.44. The molecule has 0 aromatic carbocycles. The molecule has 0 bridgehead atoms. The number of hydrazine groups is 1. The molecule has 1 aliphatic heterocycles. The van der Waals surface area contributed by atoms with Gasteiger partial charge in [-0.2, -0.15) is 15.0 Å².